The van der Waals surface area contributed by atoms with Gasteiger partial charge < -0.3 is 30.2 Å². The van der Waals surface area contributed by atoms with E-state index in [-0.39, 0.29) is 50.2 Å². The summed E-state index contributed by atoms with van der Waals surface area (Å²) in [6, 6.07) is 11.3. The first-order valence-corrected chi connectivity index (χ1v) is 14.2. The molecule has 0 aliphatic heterocycles. The molecule has 2 aromatic rings. The van der Waals surface area contributed by atoms with E-state index >= 15 is 0 Å². The monoisotopic (exact) mass is 622 g/mol. The number of unbranched alkanes of at least 4 members (excludes halogenated alkanes) is 1. The van der Waals surface area contributed by atoms with Crippen LogP contribution in [0.15, 0.2) is 72.8 Å². The van der Waals surface area contributed by atoms with Crippen LogP contribution in [0.4, 0.5) is 13.2 Å². The molecule has 1 fully saturated rings. The Labute approximate surface area is 252 Å². The van der Waals surface area contributed by atoms with Crippen molar-refractivity contribution in [3.05, 3.63) is 99.6 Å². The molecule has 5 atom stereocenters. The van der Waals surface area contributed by atoms with E-state index in [1.54, 1.807) is 30.3 Å². The number of halogens is 3. The van der Waals surface area contributed by atoms with Gasteiger partial charge in [-0.05, 0) is 54.5 Å². The third kappa shape index (κ3) is 11.3. The molecule has 44 heavy (non-hydrogen) atoms. The Hall–Kier alpha value is -3.94. The van der Waals surface area contributed by atoms with Crippen molar-refractivity contribution in [3.63, 3.8) is 0 Å². The highest BCUT2D eigenvalue weighted by molar-refractivity contribution is 5.75. The number of carbonyl (C=O) groups excluding carboxylic acids is 1. The Balaban J connectivity index is 1.39. The summed E-state index contributed by atoms with van der Waals surface area (Å²) in [4.78, 5) is 27.1. The van der Waals surface area contributed by atoms with Crippen molar-refractivity contribution in [2.45, 2.75) is 69.7 Å². The number of nitrogens with zero attached hydrogens (tertiary/aromatic N) is 1. The lowest BCUT2D eigenvalue weighted by Crippen LogP contribution is -2.23. The second-order valence-electron chi connectivity index (χ2n) is 10.5. The first-order chi connectivity index (χ1) is 20.9. The van der Waals surface area contributed by atoms with Crippen molar-refractivity contribution in [1.29, 1.82) is 0 Å². The Kier molecular flexibility index (Phi) is 13.2. The lowest BCUT2D eigenvalue weighted by molar-refractivity contribution is -0.763. The number of ether oxygens (including phenoxy) is 1. The van der Waals surface area contributed by atoms with E-state index in [9.17, 15) is 43.4 Å². The van der Waals surface area contributed by atoms with Gasteiger partial charge in [-0.25, -0.2) is 0 Å². The second kappa shape index (κ2) is 16.8. The smallest absolute Gasteiger partial charge is 0.416 e. The Bertz CT molecular complexity index is 1290. The lowest BCUT2D eigenvalue weighted by Gasteiger charge is -2.19. The van der Waals surface area contributed by atoms with Crippen molar-refractivity contribution in [2.24, 2.45) is 11.8 Å². The molecule has 1 saturated carbocycles. The number of amides is 1. The topological polar surface area (TPSA) is 151 Å². The molecule has 3 rings (SSSR count). The summed E-state index contributed by atoms with van der Waals surface area (Å²) in [6.07, 6.45) is 1.64. The van der Waals surface area contributed by atoms with Gasteiger partial charge in [0.1, 0.15) is 25.1 Å². The second-order valence-corrected chi connectivity index (χ2v) is 10.5. The maximum atomic E-state index is 12.9. The van der Waals surface area contributed by atoms with Gasteiger partial charge in [0.25, 0.3) is 5.09 Å². The average Bonchev–Trinajstić information content (AvgIpc) is 3.25. The van der Waals surface area contributed by atoms with Crippen molar-refractivity contribution in [2.75, 3.05) is 6.61 Å². The molecule has 0 bridgehead atoms. The van der Waals surface area contributed by atoms with E-state index in [0.717, 1.165) is 17.7 Å². The molecule has 0 aromatic heterocycles. The van der Waals surface area contributed by atoms with Crippen LogP contribution in [0.3, 0.4) is 0 Å². The molecular weight excluding hydrogens is 585 g/mol. The van der Waals surface area contributed by atoms with Crippen LogP contribution in [0.5, 0.6) is 5.75 Å². The minimum absolute atomic E-state index is 0.0327. The molecule has 13 heteroatoms. The number of carbonyl (C=O) groups is 1. The fourth-order valence-electron chi connectivity index (χ4n) is 4.99. The number of rotatable bonds is 16. The van der Waals surface area contributed by atoms with Crippen LogP contribution in [0.1, 0.15) is 48.8 Å². The van der Waals surface area contributed by atoms with Gasteiger partial charge in [0.15, 0.2) is 0 Å². The highest BCUT2D eigenvalue weighted by Crippen LogP contribution is 2.36. The van der Waals surface area contributed by atoms with Gasteiger partial charge in [0, 0.05) is 25.3 Å². The maximum absolute atomic E-state index is 12.9. The van der Waals surface area contributed by atoms with Crippen LogP contribution >= 0.6 is 0 Å². The first kappa shape index (κ1) is 34.5. The number of hydrogen-bond donors (Lipinski definition) is 4. The molecule has 0 heterocycles. The standard InChI is InChI=1S/C31H37F3N2O8/c32-31(33,34)23-10-7-11-25(16-23)43-20-24(37)14-15-27-26(28(38)17-29(27)39)12-3-1-2-4-13-30(40)35-18-21-8-5-6-9-22(21)19-44-36(41)42/h1,3,5-11,14-16,24,26-29,37-39H,2,4,12-13,17-20H2,(H,35,40)/t24-,26-,27-,28+,29-/m1/s1. The number of alkyl halides is 3. The quantitative estimate of drug-likeness (QED) is 0.0925. The van der Waals surface area contributed by atoms with Crippen LogP contribution in [-0.4, -0.2) is 51.2 Å². The van der Waals surface area contributed by atoms with E-state index in [0.29, 0.717) is 24.8 Å². The minimum Gasteiger partial charge on any atom is -0.491 e. The summed E-state index contributed by atoms with van der Waals surface area (Å²) in [5.41, 5.74) is 0.473. The van der Waals surface area contributed by atoms with Gasteiger partial charge in [0.2, 0.25) is 5.91 Å². The molecule has 0 saturated heterocycles. The highest BCUT2D eigenvalue weighted by atomic mass is 19.4. The van der Waals surface area contributed by atoms with Crippen molar-refractivity contribution >= 4 is 5.91 Å². The lowest BCUT2D eigenvalue weighted by atomic mass is 9.89. The number of aliphatic hydroxyl groups is 3. The van der Waals surface area contributed by atoms with Gasteiger partial charge in [-0.3, -0.25) is 4.79 Å². The predicted octanol–water partition coefficient (Wildman–Crippen LogP) is 4.50. The molecule has 1 aliphatic carbocycles. The number of allylic oxidation sites excluding steroid dienone is 2. The minimum atomic E-state index is -4.51. The number of hydrogen-bond acceptors (Lipinski definition) is 8. The van der Waals surface area contributed by atoms with Gasteiger partial charge in [-0.15, -0.1) is 10.1 Å². The SMILES string of the molecule is O=C(CCCC=CC[C@@H]1[C@@H](C=C[C@@H](O)COc2cccc(C(F)(F)F)c2)[C@H](O)C[C@@H]1O)NCc1ccccc1CO[N+](=O)[O-]. The van der Waals surface area contributed by atoms with Crippen LogP contribution in [-0.2, 0) is 29.0 Å². The predicted molar refractivity (Wildman–Crippen MR) is 153 cm³/mol. The third-order valence-electron chi connectivity index (χ3n) is 7.32. The van der Waals surface area contributed by atoms with Crippen LogP contribution in [0, 0.1) is 22.0 Å². The summed E-state index contributed by atoms with van der Waals surface area (Å²) >= 11 is 0. The van der Waals surface area contributed by atoms with Crippen LogP contribution in [0.25, 0.3) is 0 Å². The van der Waals surface area contributed by atoms with Gasteiger partial charge in [-0.1, -0.05) is 54.6 Å². The zero-order valence-corrected chi connectivity index (χ0v) is 23.9. The van der Waals surface area contributed by atoms with Crippen molar-refractivity contribution in [3.8, 4) is 5.75 Å². The number of benzene rings is 2. The molecule has 4 N–H and O–H groups in total. The summed E-state index contributed by atoms with van der Waals surface area (Å²) in [6.45, 7) is -0.274. The van der Waals surface area contributed by atoms with Crippen molar-refractivity contribution < 1.29 is 47.9 Å². The largest absolute Gasteiger partial charge is 0.491 e. The molecule has 0 unspecified atom stereocenters. The molecule has 10 nitrogen and oxygen atoms in total. The Morgan fingerprint density at radius 1 is 1.11 bits per heavy atom. The summed E-state index contributed by atoms with van der Waals surface area (Å²) in [7, 11) is 0. The van der Waals surface area contributed by atoms with Crippen molar-refractivity contribution in [1.82, 2.24) is 5.32 Å². The zero-order valence-electron chi connectivity index (χ0n) is 23.9. The fraction of sp³-hybridized carbons (Fsp3) is 0.452. The van der Waals surface area contributed by atoms with E-state index in [4.69, 9.17) is 4.74 Å². The summed E-state index contributed by atoms with van der Waals surface area (Å²) < 4.78 is 43.9. The molecule has 0 radical (unpaired) electrons. The molecule has 1 aliphatic rings. The first-order valence-electron chi connectivity index (χ1n) is 14.2. The molecular formula is C31H37F3N2O8. The van der Waals surface area contributed by atoms with E-state index in [1.807, 2.05) is 12.2 Å². The third-order valence-corrected chi connectivity index (χ3v) is 7.32. The normalized spacial score (nSPS) is 21.0. The Morgan fingerprint density at radius 3 is 2.59 bits per heavy atom. The maximum Gasteiger partial charge on any atom is 0.416 e. The number of aliphatic hydroxyl groups excluding tert-OH is 3. The van der Waals surface area contributed by atoms with Gasteiger partial charge in [-0.2, -0.15) is 13.2 Å². The molecule has 240 valence electrons. The average molecular weight is 623 g/mol. The van der Waals surface area contributed by atoms with E-state index < -0.39 is 41.1 Å². The van der Waals surface area contributed by atoms with Crippen LogP contribution < -0.4 is 10.1 Å². The summed E-state index contributed by atoms with van der Waals surface area (Å²) in [5.74, 6) is -0.952. The summed E-state index contributed by atoms with van der Waals surface area (Å²) in [5, 5.41) is 43.5. The van der Waals surface area contributed by atoms with E-state index in [2.05, 4.69) is 10.2 Å². The fourth-order valence-corrected chi connectivity index (χ4v) is 4.99. The van der Waals surface area contributed by atoms with Gasteiger partial charge >= 0.3 is 6.18 Å². The Morgan fingerprint density at radius 2 is 1.86 bits per heavy atom. The van der Waals surface area contributed by atoms with E-state index in [1.165, 1.54) is 18.2 Å². The zero-order chi connectivity index (χ0) is 32.1. The van der Waals surface area contributed by atoms with Crippen LogP contribution in [0.2, 0.25) is 0 Å². The molecule has 2 aromatic carbocycles. The molecule has 0 spiro atoms. The highest BCUT2D eigenvalue weighted by Gasteiger charge is 2.39. The molecule has 1 amide bonds. The number of nitrogens with one attached hydrogen (secondary N) is 1. The van der Waals surface area contributed by atoms with Gasteiger partial charge in [0.05, 0.1) is 17.8 Å².